The van der Waals surface area contributed by atoms with Gasteiger partial charge in [-0.05, 0) is 23.8 Å². The lowest BCUT2D eigenvalue weighted by Gasteiger charge is -2.25. The Labute approximate surface area is 174 Å². The van der Waals surface area contributed by atoms with Crippen molar-refractivity contribution >= 4 is 44.8 Å². The quantitative estimate of drug-likeness (QED) is 0.552. The molecule has 2 aromatic carbocycles. The second-order valence-electron chi connectivity index (χ2n) is 6.41. The molecule has 1 aromatic heterocycles. The first-order valence-electron chi connectivity index (χ1n) is 8.58. The van der Waals surface area contributed by atoms with Crippen molar-refractivity contribution in [2.24, 2.45) is 0 Å². The van der Waals surface area contributed by atoms with E-state index in [1.165, 1.54) is 11.3 Å². The minimum Gasteiger partial charge on any atom is -0.496 e. The van der Waals surface area contributed by atoms with Gasteiger partial charge in [-0.3, -0.25) is 4.79 Å². The van der Waals surface area contributed by atoms with Crippen LogP contribution in [0, 0.1) is 0 Å². The van der Waals surface area contributed by atoms with Crippen LogP contribution >= 0.6 is 27.3 Å². The predicted octanol–water partition coefficient (Wildman–Crippen LogP) is 5.36. The molecule has 0 saturated carbocycles. The van der Waals surface area contributed by atoms with E-state index in [2.05, 4.69) is 21.2 Å². The zero-order chi connectivity index (χ0) is 19.8. The Balaban J connectivity index is 1.97. The Bertz CT molecular complexity index is 1080. The van der Waals surface area contributed by atoms with Crippen LogP contribution in [0.5, 0.6) is 5.75 Å². The first-order valence-corrected chi connectivity index (χ1v) is 10.2. The Morgan fingerprint density at radius 2 is 2.00 bits per heavy atom. The third kappa shape index (κ3) is 3.21. The fourth-order valence-electron chi connectivity index (χ4n) is 3.55. The average molecular weight is 458 g/mol. The predicted molar refractivity (Wildman–Crippen MR) is 112 cm³/mol. The Kier molecular flexibility index (Phi) is 4.95. The normalized spacial score (nSPS) is 15.6. The minimum atomic E-state index is -1.01. The van der Waals surface area contributed by atoms with E-state index in [1.807, 2.05) is 48.5 Å². The summed E-state index contributed by atoms with van der Waals surface area (Å²) < 4.78 is 6.38. The summed E-state index contributed by atoms with van der Waals surface area (Å²) in [6.45, 7) is 0. The molecule has 0 fully saturated rings. The number of hydrogen-bond donors (Lipinski definition) is 2. The number of benzene rings is 2. The molecular formula is C21H16BrNO4S. The minimum absolute atomic E-state index is 0.147. The molecule has 3 aromatic rings. The van der Waals surface area contributed by atoms with Crippen molar-refractivity contribution in [2.75, 3.05) is 12.4 Å². The molecular weight excluding hydrogens is 442 g/mol. The number of carbonyl (C=O) groups excluding carboxylic acids is 1. The van der Waals surface area contributed by atoms with E-state index in [1.54, 1.807) is 7.11 Å². The molecule has 0 spiro atoms. The number of amides is 1. The molecule has 2 N–H and O–H groups in total. The molecule has 5 nitrogen and oxygen atoms in total. The number of aromatic carboxylic acids is 1. The zero-order valence-corrected chi connectivity index (χ0v) is 17.3. The van der Waals surface area contributed by atoms with Crippen LogP contribution in [-0.2, 0) is 4.79 Å². The molecule has 1 atom stereocenters. The molecule has 1 amide bonds. The third-order valence-electron chi connectivity index (χ3n) is 4.73. The standard InChI is InChI=1S/C21H16BrNO4S/c1-27-15-8-7-12(22)9-13(15)14-10-16(24)23-18-17(11-5-3-2-4-6-11)20(21(25)26)28-19(14)18/h2-9,14H,10H2,1H3,(H,23,24)(H,25,26)/t14-/m1/s1. The van der Waals surface area contributed by atoms with Crippen molar-refractivity contribution < 1.29 is 19.4 Å². The first-order chi connectivity index (χ1) is 13.5. The number of anilines is 1. The van der Waals surface area contributed by atoms with Crippen LogP contribution in [0.3, 0.4) is 0 Å². The highest BCUT2D eigenvalue weighted by Gasteiger charge is 2.35. The number of fused-ring (bicyclic) bond motifs is 1. The zero-order valence-electron chi connectivity index (χ0n) is 14.9. The number of halogens is 1. The van der Waals surface area contributed by atoms with Gasteiger partial charge in [-0.15, -0.1) is 11.3 Å². The van der Waals surface area contributed by atoms with Gasteiger partial charge in [0.05, 0.1) is 12.8 Å². The second kappa shape index (κ2) is 7.41. The van der Waals surface area contributed by atoms with Gasteiger partial charge in [0.1, 0.15) is 10.6 Å². The molecule has 0 bridgehead atoms. The van der Waals surface area contributed by atoms with E-state index in [0.29, 0.717) is 17.0 Å². The number of carboxylic acids is 1. The van der Waals surface area contributed by atoms with Gasteiger partial charge < -0.3 is 15.2 Å². The maximum atomic E-state index is 12.6. The lowest BCUT2D eigenvalue weighted by atomic mass is 9.88. The number of hydrogen-bond acceptors (Lipinski definition) is 4. The van der Waals surface area contributed by atoms with Crippen LogP contribution in [0.1, 0.15) is 32.5 Å². The molecule has 1 aliphatic rings. The lowest BCUT2D eigenvalue weighted by molar-refractivity contribution is -0.116. The van der Waals surface area contributed by atoms with Gasteiger partial charge in [0.15, 0.2) is 0 Å². The summed E-state index contributed by atoms with van der Waals surface area (Å²) in [6.07, 6.45) is 0.230. The molecule has 4 rings (SSSR count). The Morgan fingerprint density at radius 1 is 1.25 bits per heavy atom. The monoisotopic (exact) mass is 457 g/mol. The van der Waals surface area contributed by atoms with Crippen molar-refractivity contribution in [1.82, 2.24) is 0 Å². The van der Waals surface area contributed by atoms with Gasteiger partial charge >= 0.3 is 5.97 Å². The van der Waals surface area contributed by atoms with Crippen LogP contribution in [0.15, 0.2) is 53.0 Å². The third-order valence-corrected chi connectivity index (χ3v) is 6.51. The fourth-order valence-corrected chi connectivity index (χ4v) is 5.16. The summed E-state index contributed by atoms with van der Waals surface area (Å²) in [4.78, 5) is 25.6. The molecule has 0 radical (unpaired) electrons. The van der Waals surface area contributed by atoms with Crippen LogP contribution in [0.4, 0.5) is 5.69 Å². The van der Waals surface area contributed by atoms with Crippen LogP contribution in [0.25, 0.3) is 11.1 Å². The highest BCUT2D eigenvalue weighted by Crippen LogP contribution is 2.50. The van der Waals surface area contributed by atoms with E-state index in [0.717, 1.165) is 20.5 Å². The number of nitrogens with one attached hydrogen (secondary N) is 1. The Morgan fingerprint density at radius 3 is 2.68 bits per heavy atom. The number of methoxy groups -OCH3 is 1. The van der Waals surface area contributed by atoms with Gasteiger partial charge in [-0.25, -0.2) is 4.79 Å². The van der Waals surface area contributed by atoms with Gasteiger partial charge in [0, 0.05) is 32.8 Å². The molecule has 0 saturated heterocycles. The molecule has 142 valence electrons. The molecule has 1 aliphatic heterocycles. The summed E-state index contributed by atoms with van der Waals surface area (Å²) >= 11 is 4.69. The van der Waals surface area contributed by atoms with E-state index in [4.69, 9.17) is 4.74 Å². The Hall–Kier alpha value is -2.64. The van der Waals surface area contributed by atoms with Gasteiger partial charge in [-0.2, -0.15) is 0 Å². The number of rotatable bonds is 4. The van der Waals surface area contributed by atoms with Gasteiger partial charge in [-0.1, -0.05) is 46.3 Å². The van der Waals surface area contributed by atoms with E-state index < -0.39 is 5.97 Å². The summed E-state index contributed by atoms with van der Waals surface area (Å²) in [5, 5.41) is 12.7. The number of carboxylic acid groups (broad SMARTS) is 1. The second-order valence-corrected chi connectivity index (χ2v) is 8.38. The first kappa shape index (κ1) is 18.7. The molecule has 0 aliphatic carbocycles. The topological polar surface area (TPSA) is 75.6 Å². The smallest absolute Gasteiger partial charge is 0.346 e. The summed E-state index contributed by atoms with van der Waals surface area (Å²) in [6, 6.07) is 14.9. The average Bonchev–Trinajstić information content (AvgIpc) is 3.07. The number of ether oxygens (including phenoxy) is 1. The maximum absolute atomic E-state index is 12.6. The van der Waals surface area contributed by atoms with Crippen LogP contribution in [0.2, 0.25) is 0 Å². The highest BCUT2D eigenvalue weighted by molar-refractivity contribution is 9.10. The van der Waals surface area contributed by atoms with Crippen molar-refractivity contribution in [3.63, 3.8) is 0 Å². The van der Waals surface area contributed by atoms with E-state index >= 15 is 0 Å². The summed E-state index contributed by atoms with van der Waals surface area (Å²) in [5.41, 5.74) is 2.75. The SMILES string of the molecule is COc1ccc(Br)cc1[C@H]1CC(=O)Nc2c1sc(C(=O)O)c2-c1ccccc1. The molecule has 28 heavy (non-hydrogen) atoms. The fraction of sp³-hybridized carbons (Fsp3) is 0.143. The number of carbonyl (C=O) groups is 2. The van der Waals surface area contributed by atoms with E-state index in [-0.39, 0.29) is 23.1 Å². The largest absolute Gasteiger partial charge is 0.496 e. The van der Waals surface area contributed by atoms with Crippen LogP contribution in [-0.4, -0.2) is 24.1 Å². The van der Waals surface area contributed by atoms with Gasteiger partial charge in [0.2, 0.25) is 5.91 Å². The molecule has 7 heteroatoms. The van der Waals surface area contributed by atoms with Gasteiger partial charge in [0.25, 0.3) is 0 Å². The molecule has 0 unspecified atom stereocenters. The van der Waals surface area contributed by atoms with Crippen molar-refractivity contribution in [3.8, 4) is 16.9 Å². The lowest BCUT2D eigenvalue weighted by Crippen LogP contribution is -2.22. The van der Waals surface area contributed by atoms with Crippen LogP contribution < -0.4 is 10.1 Å². The molecule has 2 heterocycles. The van der Waals surface area contributed by atoms with Crippen molar-refractivity contribution in [2.45, 2.75) is 12.3 Å². The van der Waals surface area contributed by atoms with Crippen molar-refractivity contribution in [3.05, 3.63) is 68.3 Å². The highest BCUT2D eigenvalue weighted by atomic mass is 79.9. The van der Waals surface area contributed by atoms with Crippen molar-refractivity contribution in [1.29, 1.82) is 0 Å². The summed E-state index contributed by atoms with van der Waals surface area (Å²) in [7, 11) is 1.59. The maximum Gasteiger partial charge on any atom is 0.346 e. The van der Waals surface area contributed by atoms with E-state index in [9.17, 15) is 14.7 Å². The summed E-state index contributed by atoms with van der Waals surface area (Å²) in [5.74, 6) is -0.768. The number of thiophene rings is 1.